The van der Waals surface area contributed by atoms with Crippen molar-refractivity contribution in [3.63, 3.8) is 0 Å². The van der Waals surface area contributed by atoms with E-state index in [9.17, 15) is 18.0 Å². The van der Waals surface area contributed by atoms with Gasteiger partial charge in [0.2, 0.25) is 5.91 Å². The summed E-state index contributed by atoms with van der Waals surface area (Å²) in [5.41, 5.74) is 0.453. The predicted octanol–water partition coefficient (Wildman–Crippen LogP) is 3.79. The first-order valence-electron chi connectivity index (χ1n) is 7.77. The van der Waals surface area contributed by atoms with Crippen molar-refractivity contribution >= 4 is 11.6 Å². The van der Waals surface area contributed by atoms with E-state index in [1.807, 2.05) is 0 Å². The Bertz CT molecular complexity index is 517. The average molecular weight is 330 g/mol. The molecular weight excluding hydrogens is 309 g/mol. The maximum absolute atomic E-state index is 12.1. The molecule has 4 nitrogen and oxygen atoms in total. The predicted molar refractivity (Wildman–Crippen MR) is 81.3 cm³/mol. The molecule has 2 rings (SSSR count). The summed E-state index contributed by atoms with van der Waals surface area (Å²) in [6.07, 6.45) is -0.317. The van der Waals surface area contributed by atoms with Crippen LogP contribution in [0.5, 0.6) is 5.75 Å². The number of nitrogens with zero attached hydrogens (tertiary/aromatic N) is 1. The lowest BCUT2D eigenvalue weighted by atomic mass is 10.00. The zero-order valence-electron chi connectivity index (χ0n) is 13.0. The number of benzene rings is 1. The molecule has 1 aliphatic rings. The fourth-order valence-electron chi connectivity index (χ4n) is 2.86. The third-order valence-electron chi connectivity index (χ3n) is 3.94. The minimum atomic E-state index is -4.71. The maximum Gasteiger partial charge on any atom is 0.573 e. The van der Waals surface area contributed by atoms with E-state index in [1.165, 1.54) is 30.7 Å². The van der Waals surface area contributed by atoms with Gasteiger partial charge in [-0.3, -0.25) is 9.69 Å². The number of carbonyl (C=O) groups excluding carboxylic acids is 1. The van der Waals surface area contributed by atoms with Crippen LogP contribution in [0.3, 0.4) is 0 Å². The average Bonchev–Trinajstić information content (AvgIpc) is 2.48. The number of likely N-dealkylation sites (tertiary alicyclic amines) is 1. The second-order valence-corrected chi connectivity index (χ2v) is 5.65. The molecule has 0 bridgehead atoms. The molecule has 0 aromatic heterocycles. The van der Waals surface area contributed by atoms with Crippen LogP contribution in [-0.2, 0) is 4.79 Å². The van der Waals surface area contributed by atoms with Crippen molar-refractivity contribution < 1.29 is 22.7 Å². The number of piperidine rings is 1. The van der Waals surface area contributed by atoms with E-state index >= 15 is 0 Å². The highest BCUT2D eigenvalue weighted by Crippen LogP contribution is 2.24. The second kappa shape index (κ2) is 7.68. The van der Waals surface area contributed by atoms with E-state index < -0.39 is 6.36 Å². The molecule has 1 N–H and O–H groups in total. The van der Waals surface area contributed by atoms with Gasteiger partial charge < -0.3 is 10.1 Å². The van der Waals surface area contributed by atoms with Crippen LogP contribution in [0.25, 0.3) is 0 Å². The summed E-state index contributed by atoms with van der Waals surface area (Å²) < 4.78 is 40.0. The standard InChI is InChI=1S/C16H21F3N2O2/c1-2-13-5-3-4-10-21(13)11-15(22)20-12-6-8-14(9-7-12)23-16(17,18)19/h6-9,13H,2-5,10-11H2,1H3,(H,20,22). The number of carbonyl (C=O) groups is 1. The highest BCUT2D eigenvalue weighted by atomic mass is 19.4. The number of alkyl halides is 3. The summed E-state index contributed by atoms with van der Waals surface area (Å²) in [5.74, 6) is -0.465. The molecule has 7 heteroatoms. The SMILES string of the molecule is CCC1CCCCN1CC(=O)Nc1ccc(OC(F)(F)F)cc1. The molecule has 128 valence electrons. The fourth-order valence-corrected chi connectivity index (χ4v) is 2.86. The van der Waals surface area contributed by atoms with Gasteiger partial charge in [0.1, 0.15) is 5.75 Å². The Kier molecular flexibility index (Phi) is 5.87. The number of hydrogen-bond acceptors (Lipinski definition) is 3. The van der Waals surface area contributed by atoms with E-state index in [1.54, 1.807) is 0 Å². The molecular formula is C16H21F3N2O2. The summed E-state index contributed by atoms with van der Waals surface area (Å²) >= 11 is 0. The quantitative estimate of drug-likeness (QED) is 0.893. The third kappa shape index (κ3) is 5.74. The van der Waals surface area contributed by atoms with Crippen LogP contribution in [0.1, 0.15) is 32.6 Å². The molecule has 1 aliphatic heterocycles. The van der Waals surface area contributed by atoms with Crippen LogP contribution >= 0.6 is 0 Å². The van der Waals surface area contributed by atoms with Gasteiger partial charge >= 0.3 is 6.36 Å². The molecule has 1 aromatic carbocycles. The van der Waals surface area contributed by atoms with Gasteiger partial charge in [-0.1, -0.05) is 13.3 Å². The smallest absolute Gasteiger partial charge is 0.406 e. The fraction of sp³-hybridized carbons (Fsp3) is 0.562. The number of amides is 1. The molecule has 23 heavy (non-hydrogen) atoms. The topological polar surface area (TPSA) is 41.6 Å². The Labute approximate surface area is 133 Å². The Morgan fingerprint density at radius 2 is 2.00 bits per heavy atom. The zero-order valence-corrected chi connectivity index (χ0v) is 13.0. The molecule has 1 amide bonds. The van der Waals surface area contributed by atoms with Gasteiger partial charge in [-0.15, -0.1) is 13.2 Å². The first kappa shape index (κ1) is 17.6. The minimum absolute atomic E-state index is 0.158. The lowest BCUT2D eigenvalue weighted by Crippen LogP contribution is -2.43. The summed E-state index contributed by atoms with van der Waals surface area (Å²) in [4.78, 5) is 14.3. The summed E-state index contributed by atoms with van der Waals surface area (Å²) in [5, 5.41) is 2.71. The van der Waals surface area contributed by atoms with Gasteiger partial charge in [0.05, 0.1) is 6.54 Å². The monoisotopic (exact) mass is 330 g/mol. The van der Waals surface area contributed by atoms with E-state index in [0.717, 1.165) is 25.8 Å². The highest BCUT2D eigenvalue weighted by molar-refractivity contribution is 5.92. The summed E-state index contributed by atoms with van der Waals surface area (Å²) in [7, 11) is 0. The van der Waals surface area contributed by atoms with E-state index in [2.05, 4.69) is 21.9 Å². The van der Waals surface area contributed by atoms with E-state index in [-0.39, 0.29) is 11.7 Å². The third-order valence-corrected chi connectivity index (χ3v) is 3.94. The molecule has 1 aromatic rings. The van der Waals surface area contributed by atoms with Crippen molar-refractivity contribution in [3.05, 3.63) is 24.3 Å². The van der Waals surface area contributed by atoms with Crippen LogP contribution in [0.2, 0.25) is 0 Å². The van der Waals surface area contributed by atoms with Crippen LogP contribution in [0.4, 0.5) is 18.9 Å². The lowest BCUT2D eigenvalue weighted by molar-refractivity contribution is -0.274. The highest BCUT2D eigenvalue weighted by Gasteiger charge is 2.31. The van der Waals surface area contributed by atoms with Crippen molar-refractivity contribution in [2.45, 2.75) is 45.0 Å². The van der Waals surface area contributed by atoms with Gasteiger partial charge in [0.15, 0.2) is 0 Å². The second-order valence-electron chi connectivity index (χ2n) is 5.65. The van der Waals surface area contributed by atoms with Gasteiger partial charge in [0.25, 0.3) is 0 Å². The number of ether oxygens (including phenoxy) is 1. The number of anilines is 1. The van der Waals surface area contributed by atoms with Crippen LogP contribution in [0, 0.1) is 0 Å². The number of rotatable bonds is 5. The first-order chi connectivity index (χ1) is 10.9. The molecule has 1 heterocycles. The van der Waals surface area contributed by atoms with E-state index in [4.69, 9.17) is 0 Å². The molecule has 1 unspecified atom stereocenters. The molecule has 0 spiro atoms. The van der Waals surface area contributed by atoms with Gasteiger partial charge in [-0.2, -0.15) is 0 Å². The Hall–Kier alpha value is -1.76. The van der Waals surface area contributed by atoms with Gasteiger partial charge in [-0.05, 0) is 50.1 Å². The molecule has 1 atom stereocenters. The van der Waals surface area contributed by atoms with Crippen LogP contribution in [-0.4, -0.2) is 36.3 Å². The van der Waals surface area contributed by atoms with Crippen LogP contribution < -0.4 is 10.1 Å². The molecule has 1 fully saturated rings. The van der Waals surface area contributed by atoms with Crippen molar-refractivity contribution in [3.8, 4) is 5.75 Å². The normalized spacial score (nSPS) is 19.4. The van der Waals surface area contributed by atoms with Crippen LogP contribution in [0.15, 0.2) is 24.3 Å². The van der Waals surface area contributed by atoms with Crippen molar-refractivity contribution in [1.29, 1.82) is 0 Å². The van der Waals surface area contributed by atoms with Crippen molar-refractivity contribution in [1.82, 2.24) is 4.90 Å². The summed E-state index contributed by atoms with van der Waals surface area (Å²) in [6, 6.07) is 5.58. The molecule has 1 saturated heterocycles. The first-order valence-corrected chi connectivity index (χ1v) is 7.77. The number of hydrogen-bond donors (Lipinski definition) is 1. The largest absolute Gasteiger partial charge is 0.573 e. The molecule has 0 saturated carbocycles. The Balaban J connectivity index is 1.87. The van der Waals surface area contributed by atoms with E-state index in [0.29, 0.717) is 18.3 Å². The maximum atomic E-state index is 12.1. The van der Waals surface area contributed by atoms with Gasteiger partial charge in [0, 0.05) is 11.7 Å². The molecule has 0 aliphatic carbocycles. The number of halogens is 3. The Morgan fingerprint density at radius 3 is 2.61 bits per heavy atom. The Morgan fingerprint density at radius 1 is 1.30 bits per heavy atom. The van der Waals surface area contributed by atoms with Crippen molar-refractivity contribution in [2.24, 2.45) is 0 Å². The van der Waals surface area contributed by atoms with Crippen molar-refractivity contribution in [2.75, 3.05) is 18.4 Å². The van der Waals surface area contributed by atoms with Gasteiger partial charge in [-0.25, -0.2) is 0 Å². The minimum Gasteiger partial charge on any atom is -0.406 e. The summed E-state index contributed by atoms with van der Waals surface area (Å²) in [6.45, 7) is 3.32. The molecule has 0 radical (unpaired) electrons. The number of nitrogens with one attached hydrogen (secondary N) is 1. The lowest BCUT2D eigenvalue weighted by Gasteiger charge is -2.34. The zero-order chi connectivity index (χ0) is 16.9.